The van der Waals surface area contributed by atoms with Gasteiger partial charge in [-0.05, 0) is 24.3 Å². The molecule has 0 atom stereocenters. The van der Waals surface area contributed by atoms with Crippen LogP contribution in [-0.2, 0) is 0 Å². The van der Waals surface area contributed by atoms with Crippen LogP contribution >= 0.6 is 0 Å². The highest BCUT2D eigenvalue weighted by atomic mass is 19.2. The standard InChI is InChI=1S/C21H21F3N8O/c22-13-3-4-14(23)19(18(13)24)31-9-7-30(8-10-31)6-5-26-17-12-16(25)32-21(27-17)28-20(29-32)15-2-1-11-33-15/h1-4,11-12H,5-10,25H2,(H,26,27,28,29). The molecular weight excluding hydrogens is 437 g/mol. The molecule has 1 fully saturated rings. The van der Waals surface area contributed by atoms with E-state index in [-0.39, 0.29) is 5.69 Å². The van der Waals surface area contributed by atoms with Crippen molar-refractivity contribution in [1.82, 2.24) is 24.5 Å². The number of nitrogens with two attached hydrogens (primary N) is 1. The predicted octanol–water partition coefficient (Wildman–Crippen LogP) is 2.62. The minimum absolute atomic E-state index is 0.303. The second kappa shape index (κ2) is 8.62. The number of hydrogen-bond acceptors (Lipinski definition) is 8. The molecular formula is C21H21F3N8O. The lowest BCUT2D eigenvalue weighted by molar-refractivity contribution is 0.265. The Balaban J connectivity index is 1.18. The molecule has 3 N–H and O–H groups in total. The molecule has 12 heteroatoms. The van der Waals surface area contributed by atoms with Crippen molar-refractivity contribution in [1.29, 1.82) is 0 Å². The zero-order chi connectivity index (χ0) is 22.9. The van der Waals surface area contributed by atoms with Crippen molar-refractivity contribution < 1.29 is 17.6 Å². The first-order valence-corrected chi connectivity index (χ1v) is 10.4. The minimum atomic E-state index is -1.15. The lowest BCUT2D eigenvalue weighted by atomic mass is 10.2. The Morgan fingerprint density at radius 3 is 2.58 bits per heavy atom. The maximum atomic E-state index is 14.0. The van der Waals surface area contributed by atoms with E-state index in [1.165, 1.54) is 15.7 Å². The summed E-state index contributed by atoms with van der Waals surface area (Å²) in [4.78, 5) is 12.5. The minimum Gasteiger partial charge on any atom is -0.461 e. The molecule has 0 saturated carbocycles. The van der Waals surface area contributed by atoms with Gasteiger partial charge < -0.3 is 20.4 Å². The van der Waals surface area contributed by atoms with Crippen LogP contribution in [0.15, 0.2) is 41.0 Å². The van der Waals surface area contributed by atoms with Crippen LogP contribution in [0.4, 0.5) is 30.5 Å². The molecule has 0 radical (unpaired) electrons. The zero-order valence-electron chi connectivity index (χ0n) is 17.5. The third-order valence-electron chi connectivity index (χ3n) is 5.52. The van der Waals surface area contributed by atoms with E-state index in [0.29, 0.717) is 68.3 Å². The fourth-order valence-corrected chi connectivity index (χ4v) is 3.83. The average Bonchev–Trinajstić information content (AvgIpc) is 3.48. The smallest absolute Gasteiger partial charge is 0.256 e. The van der Waals surface area contributed by atoms with Gasteiger partial charge in [-0.2, -0.15) is 14.5 Å². The van der Waals surface area contributed by atoms with E-state index in [0.717, 1.165) is 12.1 Å². The number of furan rings is 1. The summed E-state index contributed by atoms with van der Waals surface area (Å²) in [5.41, 5.74) is 5.79. The van der Waals surface area contributed by atoms with Crippen molar-refractivity contribution in [2.45, 2.75) is 0 Å². The molecule has 33 heavy (non-hydrogen) atoms. The van der Waals surface area contributed by atoms with Crippen LogP contribution in [0.5, 0.6) is 0 Å². The molecule has 0 spiro atoms. The maximum absolute atomic E-state index is 14.0. The summed E-state index contributed by atoms with van der Waals surface area (Å²) in [6, 6.07) is 6.91. The first kappa shape index (κ1) is 21.1. The summed E-state index contributed by atoms with van der Waals surface area (Å²) < 4.78 is 48.3. The Labute approximate surface area is 186 Å². The Morgan fingerprint density at radius 1 is 1.03 bits per heavy atom. The molecule has 0 aliphatic carbocycles. The van der Waals surface area contributed by atoms with Crippen LogP contribution < -0.4 is 16.0 Å². The number of nitrogens with zero attached hydrogens (tertiary/aromatic N) is 6. The van der Waals surface area contributed by atoms with Gasteiger partial charge in [0.15, 0.2) is 17.4 Å². The Bertz CT molecular complexity index is 1270. The van der Waals surface area contributed by atoms with E-state index < -0.39 is 17.5 Å². The van der Waals surface area contributed by atoms with Crippen LogP contribution in [-0.4, -0.2) is 63.8 Å². The van der Waals surface area contributed by atoms with Crippen LogP contribution in [0.2, 0.25) is 0 Å². The van der Waals surface area contributed by atoms with E-state index in [2.05, 4.69) is 25.3 Å². The van der Waals surface area contributed by atoms with Crippen LogP contribution in [0.1, 0.15) is 0 Å². The molecule has 4 aromatic rings. The number of halogens is 3. The monoisotopic (exact) mass is 458 g/mol. The number of benzene rings is 1. The van der Waals surface area contributed by atoms with E-state index in [4.69, 9.17) is 10.2 Å². The Kier molecular flexibility index (Phi) is 5.50. The molecule has 1 aliphatic heterocycles. The summed E-state index contributed by atoms with van der Waals surface area (Å²) in [6.07, 6.45) is 1.54. The number of rotatable bonds is 6. The summed E-state index contributed by atoms with van der Waals surface area (Å²) >= 11 is 0. The normalized spacial score (nSPS) is 14.8. The molecule has 0 amide bonds. The first-order chi connectivity index (χ1) is 16.0. The van der Waals surface area contributed by atoms with Crippen molar-refractivity contribution in [3.63, 3.8) is 0 Å². The lowest BCUT2D eigenvalue weighted by Crippen LogP contribution is -2.48. The van der Waals surface area contributed by atoms with Gasteiger partial charge in [0, 0.05) is 45.3 Å². The van der Waals surface area contributed by atoms with E-state index in [9.17, 15) is 13.2 Å². The number of fused-ring (bicyclic) bond motifs is 1. The fourth-order valence-electron chi connectivity index (χ4n) is 3.83. The van der Waals surface area contributed by atoms with Crippen molar-refractivity contribution in [2.24, 2.45) is 0 Å². The summed E-state index contributed by atoms with van der Waals surface area (Å²) in [5, 5.41) is 7.52. The van der Waals surface area contributed by atoms with Crippen LogP contribution in [0.3, 0.4) is 0 Å². The van der Waals surface area contributed by atoms with Gasteiger partial charge in [-0.15, -0.1) is 5.10 Å². The molecule has 1 aliphatic rings. The maximum Gasteiger partial charge on any atom is 0.256 e. The number of nitrogens with one attached hydrogen (secondary N) is 1. The van der Waals surface area contributed by atoms with Crippen molar-refractivity contribution in [2.75, 3.05) is 55.2 Å². The lowest BCUT2D eigenvalue weighted by Gasteiger charge is -2.36. The molecule has 5 rings (SSSR count). The van der Waals surface area contributed by atoms with E-state index >= 15 is 0 Å². The van der Waals surface area contributed by atoms with Gasteiger partial charge in [0.25, 0.3) is 5.78 Å². The highest BCUT2D eigenvalue weighted by Gasteiger charge is 2.24. The topological polar surface area (TPSA) is 101 Å². The van der Waals surface area contributed by atoms with Gasteiger partial charge in [0.2, 0.25) is 5.82 Å². The first-order valence-electron chi connectivity index (χ1n) is 10.4. The van der Waals surface area contributed by atoms with Gasteiger partial charge in [-0.3, -0.25) is 4.90 Å². The SMILES string of the molecule is Nc1cc(NCCN2CCN(c3c(F)ccc(F)c3F)CC2)nc2nc(-c3ccco3)nn12. The van der Waals surface area contributed by atoms with Gasteiger partial charge in [0.05, 0.1) is 6.26 Å². The molecule has 1 saturated heterocycles. The molecule has 0 unspecified atom stereocenters. The predicted molar refractivity (Wildman–Crippen MR) is 116 cm³/mol. The molecule has 4 heterocycles. The summed E-state index contributed by atoms with van der Waals surface area (Å²) in [6.45, 7) is 3.21. The van der Waals surface area contributed by atoms with Crippen LogP contribution in [0, 0.1) is 17.5 Å². The average molecular weight is 458 g/mol. The van der Waals surface area contributed by atoms with Crippen molar-refractivity contribution in [3.05, 3.63) is 54.0 Å². The number of aromatic nitrogens is 4. The number of nitrogen functional groups attached to an aromatic ring is 1. The number of piperazine rings is 1. The highest BCUT2D eigenvalue weighted by molar-refractivity contribution is 5.56. The summed E-state index contributed by atoms with van der Waals surface area (Å²) in [5.74, 6) is -0.768. The molecule has 1 aromatic carbocycles. The van der Waals surface area contributed by atoms with Gasteiger partial charge in [0.1, 0.15) is 23.1 Å². The fraction of sp³-hybridized carbons (Fsp3) is 0.286. The van der Waals surface area contributed by atoms with Gasteiger partial charge in [-0.1, -0.05) is 0 Å². The summed E-state index contributed by atoms with van der Waals surface area (Å²) in [7, 11) is 0. The van der Waals surface area contributed by atoms with Gasteiger partial charge >= 0.3 is 0 Å². The molecule has 0 bridgehead atoms. The molecule has 9 nitrogen and oxygen atoms in total. The molecule has 3 aromatic heterocycles. The zero-order valence-corrected chi connectivity index (χ0v) is 17.5. The number of hydrogen-bond donors (Lipinski definition) is 2. The third kappa shape index (κ3) is 4.16. The van der Waals surface area contributed by atoms with E-state index in [1.54, 1.807) is 18.2 Å². The largest absolute Gasteiger partial charge is 0.461 e. The third-order valence-corrected chi connectivity index (χ3v) is 5.52. The van der Waals surface area contributed by atoms with Gasteiger partial charge in [-0.25, -0.2) is 13.2 Å². The Morgan fingerprint density at radius 2 is 1.82 bits per heavy atom. The highest BCUT2D eigenvalue weighted by Crippen LogP contribution is 2.26. The van der Waals surface area contributed by atoms with Crippen molar-refractivity contribution in [3.8, 4) is 11.6 Å². The second-order valence-electron chi connectivity index (χ2n) is 7.64. The number of anilines is 3. The second-order valence-corrected chi connectivity index (χ2v) is 7.64. The Hall–Kier alpha value is -3.80. The molecule has 172 valence electrons. The van der Waals surface area contributed by atoms with Crippen LogP contribution in [0.25, 0.3) is 17.4 Å². The van der Waals surface area contributed by atoms with E-state index in [1.807, 2.05) is 0 Å². The van der Waals surface area contributed by atoms with Crippen molar-refractivity contribution >= 4 is 23.1 Å². The quantitative estimate of drug-likeness (QED) is 0.426.